The van der Waals surface area contributed by atoms with Crippen LogP contribution in [0.3, 0.4) is 0 Å². The van der Waals surface area contributed by atoms with Gasteiger partial charge in [0.2, 0.25) is 21.8 Å². The molecule has 2 N–H and O–H groups in total. The zero-order valence-corrected chi connectivity index (χ0v) is 18.0. The van der Waals surface area contributed by atoms with Crippen molar-refractivity contribution in [3.63, 3.8) is 0 Å². The van der Waals surface area contributed by atoms with E-state index in [4.69, 9.17) is 0 Å². The van der Waals surface area contributed by atoms with Crippen molar-refractivity contribution >= 4 is 27.5 Å². The number of nitrogens with one attached hydrogen (secondary N) is 2. The van der Waals surface area contributed by atoms with E-state index in [1.54, 1.807) is 48.3 Å². The monoisotopic (exact) mass is 417 g/mol. The van der Waals surface area contributed by atoms with Crippen LogP contribution < -0.4 is 10.0 Å². The Bertz CT molecular complexity index is 1000. The van der Waals surface area contributed by atoms with E-state index in [0.717, 1.165) is 16.7 Å². The molecule has 0 radical (unpaired) electrons. The Morgan fingerprint density at radius 1 is 1.03 bits per heavy atom. The smallest absolute Gasteiger partial charge is 0.240 e. The Balaban J connectivity index is 1.90. The van der Waals surface area contributed by atoms with Crippen molar-refractivity contribution in [3.05, 3.63) is 59.2 Å². The molecule has 0 saturated heterocycles. The second-order valence-corrected chi connectivity index (χ2v) is 8.78. The van der Waals surface area contributed by atoms with Crippen molar-refractivity contribution in [2.24, 2.45) is 0 Å². The van der Waals surface area contributed by atoms with Gasteiger partial charge in [-0.05, 0) is 54.8 Å². The molecule has 0 fully saturated rings. The molecule has 2 rings (SSSR count). The zero-order valence-electron chi connectivity index (χ0n) is 17.2. The summed E-state index contributed by atoms with van der Waals surface area (Å²) < 4.78 is 27.2. The average molecular weight is 418 g/mol. The number of benzene rings is 2. The van der Waals surface area contributed by atoms with Gasteiger partial charge in [0, 0.05) is 39.2 Å². The van der Waals surface area contributed by atoms with E-state index < -0.39 is 10.0 Å². The summed E-state index contributed by atoms with van der Waals surface area (Å²) in [5.41, 5.74) is 3.39. The van der Waals surface area contributed by atoms with E-state index in [2.05, 4.69) is 10.0 Å². The second kappa shape index (κ2) is 9.67. The fourth-order valence-electron chi connectivity index (χ4n) is 2.62. The van der Waals surface area contributed by atoms with Gasteiger partial charge in [-0.1, -0.05) is 18.2 Å². The first-order valence-corrected chi connectivity index (χ1v) is 10.7. The minimum absolute atomic E-state index is 0.00164. The van der Waals surface area contributed by atoms with Crippen molar-refractivity contribution < 1.29 is 18.0 Å². The van der Waals surface area contributed by atoms with Crippen LogP contribution in [0.5, 0.6) is 0 Å². The minimum atomic E-state index is -3.66. The van der Waals surface area contributed by atoms with Gasteiger partial charge in [0.05, 0.1) is 4.90 Å². The number of carbonyl (C=O) groups is 2. The first-order valence-electron chi connectivity index (χ1n) is 9.26. The molecule has 8 heteroatoms. The molecule has 0 bridgehead atoms. The molecular weight excluding hydrogens is 390 g/mol. The molecule has 0 heterocycles. The van der Waals surface area contributed by atoms with Gasteiger partial charge in [-0.3, -0.25) is 9.59 Å². The van der Waals surface area contributed by atoms with Crippen LogP contribution in [0.25, 0.3) is 0 Å². The molecule has 2 aromatic rings. The average Bonchev–Trinajstić information content (AvgIpc) is 2.63. The molecule has 156 valence electrons. The quantitative estimate of drug-likeness (QED) is 0.690. The topological polar surface area (TPSA) is 95.6 Å². The number of nitrogens with zero attached hydrogens (tertiary/aromatic N) is 1. The van der Waals surface area contributed by atoms with Gasteiger partial charge in [0.25, 0.3) is 0 Å². The summed E-state index contributed by atoms with van der Waals surface area (Å²) >= 11 is 0. The predicted octanol–water partition coefficient (Wildman–Crippen LogP) is 2.59. The lowest BCUT2D eigenvalue weighted by Crippen LogP contribution is -2.28. The van der Waals surface area contributed by atoms with Crippen LogP contribution in [0.2, 0.25) is 0 Å². The molecule has 0 atom stereocenters. The van der Waals surface area contributed by atoms with E-state index in [1.807, 2.05) is 19.9 Å². The normalized spacial score (nSPS) is 11.2. The maximum atomic E-state index is 12.4. The standard InChI is InChI=1S/C21H27N3O4S/c1-15-8-9-20(12-16(15)2)29(27,28)22-11-10-21(26)23-19-7-5-6-18(13-19)14-24(4)17(3)25/h5-9,12-13,22H,10-11,14H2,1-4H3,(H,23,26). The van der Waals surface area contributed by atoms with E-state index in [-0.39, 0.29) is 29.7 Å². The summed E-state index contributed by atoms with van der Waals surface area (Å²) in [5.74, 6) is -0.347. The van der Waals surface area contributed by atoms with Crippen LogP contribution in [0.1, 0.15) is 30.0 Å². The highest BCUT2D eigenvalue weighted by atomic mass is 32.2. The lowest BCUT2D eigenvalue weighted by molar-refractivity contribution is -0.128. The molecule has 2 aromatic carbocycles. The predicted molar refractivity (Wildman–Crippen MR) is 113 cm³/mol. The summed E-state index contributed by atoms with van der Waals surface area (Å²) in [5, 5.41) is 2.75. The van der Waals surface area contributed by atoms with E-state index in [0.29, 0.717) is 12.2 Å². The lowest BCUT2D eigenvalue weighted by atomic mass is 10.1. The van der Waals surface area contributed by atoms with Crippen molar-refractivity contribution in [1.82, 2.24) is 9.62 Å². The lowest BCUT2D eigenvalue weighted by Gasteiger charge is -2.15. The number of anilines is 1. The molecule has 0 spiro atoms. The third kappa shape index (κ3) is 6.69. The molecule has 0 aliphatic rings. The van der Waals surface area contributed by atoms with Crippen LogP contribution in [0.15, 0.2) is 47.4 Å². The zero-order chi connectivity index (χ0) is 21.6. The van der Waals surface area contributed by atoms with Gasteiger partial charge in [-0.2, -0.15) is 0 Å². The highest BCUT2D eigenvalue weighted by molar-refractivity contribution is 7.89. The Morgan fingerprint density at radius 3 is 2.41 bits per heavy atom. The first kappa shape index (κ1) is 22.6. The molecule has 29 heavy (non-hydrogen) atoms. The number of sulfonamides is 1. The van der Waals surface area contributed by atoms with E-state index in [1.165, 1.54) is 6.92 Å². The molecule has 2 amide bonds. The van der Waals surface area contributed by atoms with Crippen molar-refractivity contribution in [2.75, 3.05) is 18.9 Å². The highest BCUT2D eigenvalue weighted by Crippen LogP contribution is 2.15. The van der Waals surface area contributed by atoms with Crippen molar-refractivity contribution in [1.29, 1.82) is 0 Å². The molecule has 0 aliphatic carbocycles. The Kier molecular flexibility index (Phi) is 7.53. The molecule has 0 aromatic heterocycles. The number of aryl methyl sites for hydroxylation is 2. The maximum absolute atomic E-state index is 12.4. The number of hydrogen-bond acceptors (Lipinski definition) is 4. The summed E-state index contributed by atoms with van der Waals surface area (Å²) in [6.07, 6.45) is 0.00164. The van der Waals surface area contributed by atoms with Gasteiger partial charge < -0.3 is 10.2 Å². The first-order chi connectivity index (χ1) is 13.6. The third-order valence-electron chi connectivity index (χ3n) is 4.60. The van der Waals surface area contributed by atoms with Crippen molar-refractivity contribution in [2.45, 2.75) is 38.6 Å². The Hall–Kier alpha value is -2.71. The van der Waals surface area contributed by atoms with Gasteiger partial charge in [0.15, 0.2) is 0 Å². The van der Waals surface area contributed by atoms with Gasteiger partial charge in [-0.25, -0.2) is 13.1 Å². The minimum Gasteiger partial charge on any atom is -0.342 e. The molecule has 0 saturated carbocycles. The molecule has 7 nitrogen and oxygen atoms in total. The van der Waals surface area contributed by atoms with Gasteiger partial charge in [-0.15, -0.1) is 0 Å². The largest absolute Gasteiger partial charge is 0.342 e. The number of carbonyl (C=O) groups excluding carboxylic acids is 2. The van der Waals surface area contributed by atoms with E-state index >= 15 is 0 Å². The number of hydrogen-bond donors (Lipinski definition) is 2. The van der Waals surface area contributed by atoms with E-state index in [9.17, 15) is 18.0 Å². The summed E-state index contributed by atoms with van der Waals surface area (Å²) in [6, 6.07) is 12.1. The fraction of sp³-hybridized carbons (Fsp3) is 0.333. The SMILES string of the molecule is CC(=O)N(C)Cc1cccc(NC(=O)CCNS(=O)(=O)c2ccc(C)c(C)c2)c1. The van der Waals surface area contributed by atoms with Crippen LogP contribution in [-0.2, 0) is 26.2 Å². The highest BCUT2D eigenvalue weighted by Gasteiger charge is 2.15. The maximum Gasteiger partial charge on any atom is 0.240 e. The second-order valence-electron chi connectivity index (χ2n) is 7.02. The molecule has 0 aliphatic heterocycles. The fourth-order valence-corrected chi connectivity index (χ4v) is 3.74. The number of rotatable bonds is 8. The Labute approximate surface area is 172 Å². The van der Waals surface area contributed by atoms with Gasteiger partial charge in [0.1, 0.15) is 0 Å². The van der Waals surface area contributed by atoms with Crippen molar-refractivity contribution in [3.8, 4) is 0 Å². The summed E-state index contributed by atoms with van der Waals surface area (Å²) in [7, 11) is -1.96. The van der Waals surface area contributed by atoms with Crippen LogP contribution in [0, 0.1) is 13.8 Å². The number of amides is 2. The van der Waals surface area contributed by atoms with Crippen LogP contribution >= 0.6 is 0 Å². The Morgan fingerprint density at radius 2 is 1.76 bits per heavy atom. The van der Waals surface area contributed by atoms with Gasteiger partial charge >= 0.3 is 0 Å². The molecule has 0 unspecified atom stereocenters. The molecular formula is C21H27N3O4S. The van der Waals surface area contributed by atoms with Crippen LogP contribution in [-0.4, -0.2) is 38.7 Å². The summed E-state index contributed by atoms with van der Waals surface area (Å²) in [6.45, 7) is 5.69. The van der Waals surface area contributed by atoms with Crippen LogP contribution in [0.4, 0.5) is 5.69 Å². The summed E-state index contributed by atoms with van der Waals surface area (Å²) in [4.78, 5) is 25.3. The third-order valence-corrected chi connectivity index (χ3v) is 6.06.